The predicted octanol–water partition coefficient (Wildman–Crippen LogP) is -0.624. The number of fused-ring (bicyclic) bond motifs is 1. The molecule has 4 N–H and O–H groups in total. The molecule has 4 amide bonds. The maximum absolute atomic E-state index is 12.3. The van der Waals surface area contributed by atoms with Crippen LogP contribution in [0.15, 0.2) is 12.1 Å². The highest BCUT2D eigenvalue weighted by Gasteiger charge is 2.45. The number of nitrogen functional groups attached to an aromatic ring is 1. The molecule has 0 saturated carbocycles. The van der Waals surface area contributed by atoms with Gasteiger partial charge in [-0.15, -0.1) is 0 Å². The Balaban J connectivity index is 2.02. The van der Waals surface area contributed by atoms with E-state index in [1.807, 2.05) is 0 Å². The quantitative estimate of drug-likeness (QED) is 0.466. The van der Waals surface area contributed by atoms with E-state index in [1.54, 1.807) is 0 Å². The molecule has 1 fully saturated rings. The van der Waals surface area contributed by atoms with Crippen molar-refractivity contribution in [3.8, 4) is 5.75 Å². The zero-order chi connectivity index (χ0) is 15.3. The number of nitrogens with one attached hydrogen (secondary N) is 1. The second kappa shape index (κ2) is 4.30. The average Bonchev–Trinajstić information content (AvgIpc) is 2.63. The van der Waals surface area contributed by atoms with E-state index in [1.165, 1.54) is 0 Å². The molecule has 0 spiro atoms. The van der Waals surface area contributed by atoms with E-state index in [2.05, 4.69) is 5.32 Å². The Bertz CT molecular complexity index is 712. The number of rotatable bonds is 1. The van der Waals surface area contributed by atoms with Crippen LogP contribution in [-0.4, -0.2) is 39.7 Å². The number of hydrogen-bond acceptors (Lipinski definition) is 6. The Morgan fingerprint density at radius 1 is 1.19 bits per heavy atom. The summed E-state index contributed by atoms with van der Waals surface area (Å²) < 4.78 is 0. The van der Waals surface area contributed by atoms with Crippen LogP contribution in [0, 0.1) is 0 Å². The van der Waals surface area contributed by atoms with E-state index in [0.717, 1.165) is 17.0 Å². The van der Waals surface area contributed by atoms with Gasteiger partial charge in [0.15, 0.2) is 0 Å². The molecule has 2 heterocycles. The topological polar surface area (TPSA) is 130 Å². The number of aromatic hydroxyl groups is 1. The maximum Gasteiger partial charge on any atom is 0.264 e. The monoisotopic (exact) mass is 289 g/mol. The molecule has 2 aliphatic heterocycles. The fourth-order valence-corrected chi connectivity index (χ4v) is 2.61. The molecule has 108 valence electrons. The highest BCUT2D eigenvalue weighted by atomic mass is 16.3. The van der Waals surface area contributed by atoms with E-state index in [-0.39, 0.29) is 35.4 Å². The van der Waals surface area contributed by atoms with E-state index < -0.39 is 29.7 Å². The smallest absolute Gasteiger partial charge is 0.264 e. The Kier molecular flexibility index (Phi) is 2.68. The molecule has 0 aromatic heterocycles. The predicted molar refractivity (Wildman–Crippen MR) is 69.2 cm³/mol. The second-order valence-electron chi connectivity index (χ2n) is 4.90. The number of piperidine rings is 1. The van der Waals surface area contributed by atoms with Gasteiger partial charge in [0.1, 0.15) is 11.8 Å². The minimum Gasteiger partial charge on any atom is -0.508 e. The van der Waals surface area contributed by atoms with Crippen molar-refractivity contribution in [2.45, 2.75) is 18.9 Å². The largest absolute Gasteiger partial charge is 0.508 e. The minimum atomic E-state index is -1.04. The van der Waals surface area contributed by atoms with Crippen molar-refractivity contribution in [1.82, 2.24) is 10.2 Å². The number of phenols is 1. The lowest BCUT2D eigenvalue weighted by atomic mass is 10.0. The molecule has 8 heteroatoms. The van der Waals surface area contributed by atoms with Gasteiger partial charge in [0, 0.05) is 18.2 Å². The molecule has 1 atom stereocenters. The molecule has 1 aromatic rings. The Hall–Kier alpha value is -2.90. The van der Waals surface area contributed by atoms with E-state index in [9.17, 15) is 24.3 Å². The van der Waals surface area contributed by atoms with Crippen molar-refractivity contribution < 1.29 is 24.3 Å². The van der Waals surface area contributed by atoms with Crippen LogP contribution >= 0.6 is 0 Å². The lowest BCUT2D eigenvalue weighted by Gasteiger charge is -2.27. The lowest BCUT2D eigenvalue weighted by molar-refractivity contribution is -0.136. The highest BCUT2D eigenvalue weighted by Crippen LogP contribution is 2.33. The number of nitrogens with two attached hydrogens (primary N) is 1. The molecule has 3 rings (SSSR count). The first-order chi connectivity index (χ1) is 9.90. The summed E-state index contributed by atoms with van der Waals surface area (Å²) in [6.07, 6.45) is 0.118. The molecule has 0 bridgehead atoms. The zero-order valence-electron chi connectivity index (χ0n) is 10.8. The minimum absolute atomic E-state index is 0.0255. The molecule has 1 aromatic carbocycles. The first kappa shape index (κ1) is 13.1. The van der Waals surface area contributed by atoms with Crippen molar-refractivity contribution in [1.29, 1.82) is 0 Å². The van der Waals surface area contributed by atoms with Crippen LogP contribution in [0.2, 0.25) is 0 Å². The van der Waals surface area contributed by atoms with Crippen molar-refractivity contribution in [2.75, 3.05) is 5.73 Å². The normalized spacial score (nSPS) is 21.5. The van der Waals surface area contributed by atoms with Crippen molar-refractivity contribution in [2.24, 2.45) is 0 Å². The molecule has 1 unspecified atom stereocenters. The summed E-state index contributed by atoms with van der Waals surface area (Å²) in [5.41, 5.74) is 5.56. The van der Waals surface area contributed by atoms with Gasteiger partial charge in [0.25, 0.3) is 11.8 Å². The summed E-state index contributed by atoms with van der Waals surface area (Å²) in [7, 11) is 0. The standard InChI is InChI=1S/C13H11N3O5/c14-7-4-5(17)3-6-10(7)13(21)16(12(6)20)8-1-2-9(18)15-11(8)19/h3-4,8,17H,1-2,14H2,(H,15,18,19). The first-order valence-corrected chi connectivity index (χ1v) is 6.24. The van der Waals surface area contributed by atoms with Crippen LogP contribution < -0.4 is 11.1 Å². The molecular formula is C13H11N3O5. The summed E-state index contributed by atoms with van der Waals surface area (Å²) in [5, 5.41) is 11.6. The highest BCUT2D eigenvalue weighted by molar-refractivity contribution is 6.25. The Morgan fingerprint density at radius 2 is 1.90 bits per heavy atom. The number of anilines is 1. The number of nitrogens with zero attached hydrogens (tertiary/aromatic N) is 1. The summed E-state index contributed by atoms with van der Waals surface area (Å²) >= 11 is 0. The lowest BCUT2D eigenvalue weighted by Crippen LogP contribution is -2.54. The van der Waals surface area contributed by atoms with Gasteiger partial charge in [-0.1, -0.05) is 0 Å². The molecule has 21 heavy (non-hydrogen) atoms. The van der Waals surface area contributed by atoms with Crippen LogP contribution in [-0.2, 0) is 9.59 Å². The average molecular weight is 289 g/mol. The summed E-state index contributed by atoms with van der Waals surface area (Å²) in [6.45, 7) is 0. The number of phenolic OH excluding ortho intramolecular Hbond substituents is 1. The third-order valence-electron chi connectivity index (χ3n) is 3.56. The van der Waals surface area contributed by atoms with Gasteiger partial charge in [-0.25, -0.2) is 0 Å². The fraction of sp³-hybridized carbons (Fsp3) is 0.231. The van der Waals surface area contributed by atoms with E-state index in [0.29, 0.717) is 0 Å². The van der Waals surface area contributed by atoms with Gasteiger partial charge in [0.05, 0.1) is 11.1 Å². The number of amides is 4. The van der Waals surface area contributed by atoms with E-state index >= 15 is 0 Å². The third-order valence-corrected chi connectivity index (χ3v) is 3.56. The molecule has 0 radical (unpaired) electrons. The first-order valence-electron chi connectivity index (χ1n) is 6.24. The number of carbonyl (C=O) groups excluding carboxylic acids is 4. The van der Waals surface area contributed by atoms with Crippen molar-refractivity contribution in [3.63, 3.8) is 0 Å². The number of carbonyl (C=O) groups is 4. The van der Waals surface area contributed by atoms with E-state index in [4.69, 9.17) is 5.73 Å². The zero-order valence-corrected chi connectivity index (χ0v) is 10.8. The van der Waals surface area contributed by atoms with Gasteiger partial charge in [-0.05, 0) is 12.5 Å². The van der Waals surface area contributed by atoms with Crippen LogP contribution in [0.5, 0.6) is 5.75 Å². The van der Waals surface area contributed by atoms with Gasteiger partial charge in [-0.3, -0.25) is 29.4 Å². The molecule has 2 aliphatic rings. The molecule has 1 saturated heterocycles. The Morgan fingerprint density at radius 3 is 2.57 bits per heavy atom. The van der Waals surface area contributed by atoms with Gasteiger partial charge in [0.2, 0.25) is 11.8 Å². The fourth-order valence-electron chi connectivity index (χ4n) is 2.61. The molecule has 8 nitrogen and oxygen atoms in total. The summed E-state index contributed by atoms with van der Waals surface area (Å²) in [6, 6.07) is 1.26. The number of hydrogen-bond donors (Lipinski definition) is 3. The van der Waals surface area contributed by atoms with Crippen molar-refractivity contribution in [3.05, 3.63) is 23.3 Å². The van der Waals surface area contributed by atoms with Crippen molar-refractivity contribution >= 4 is 29.3 Å². The van der Waals surface area contributed by atoms with Gasteiger partial charge in [-0.2, -0.15) is 0 Å². The van der Waals surface area contributed by atoms with Crippen LogP contribution in [0.3, 0.4) is 0 Å². The molecule has 0 aliphatic carbocycles. The summed E-state index contributed by atoms with van der Waals surface area (Å²) in [4.78, 5) is 48.4. The van der Waals surface area contributed by atoms with Crippen LogP contribution in [0.25, 0.3) is 0 Å². The number of benzene rings is 1. The van der Waals surface area contributed by atoms with Gasteiger partial charge < -0.3 is 10.8 Å². The Labute approximate surface area is 118 Å². The second-order valence-corrected chi connectivity index (χ2v) is 4.90. The van der Waals surface area contributed by atoms with Crippen LogP contribution in [0.1, 0.15) is 33.6 Å². The maximum atomic E-state index is 12.3. The summed E-state index contributed by atoms with van der Waals surface area (Å²) in [5.74, 6) is -2.76. The molecular weight excluding hydrogens is 278 g/mol. The number of imide groups is 2. The van der Waals surface area contributed by atoms with Gasteiger partial charge >= 0.3 is 0 Å². The third kappa shape index (κ3) is 1.83. The SMILES string of the molecule is Nc1cc(O)cc2c1C(=O)N(C1CCC(=O)NC1=O)C2=O. The van der Waals surface area contributed by atoms with Crippen LogP contribution in [0.4, 0.5) is 5.69 Å².